The van der Waals surface area contributed by atoms with Crippen molar-refractivity contribution in [2.45, 2.75) is 43.5 Å². The summed E-state index contributed by atoms with van der Waals surface area (Å²) in [4.78, 5) is 10.4. The molecule has 0 spiro atoms. The average molecular weight is 466 g/mol. The number of nitrogens with two attached hydrogens (primary N) is 1. The van der Waals surface area contributed by atoms with Crippen LogP contribution >= 0.6 is 11.8 Å². The first-order chi connectivity index (χ1) is 15.6. The number of nitrogen functional groups attached to an aromatic ring is 1. The Morgan fingerprint density at radius 1 is 1.00 bits per heavy atom. The quantitative estimate of drug-likeness (QED) is 0.185. The first-order valence-corrected chi connectivity index (χ1v) is 11.1. The van der Waals surface area contributed by atoms with E-state index in [1.807, 2.05) is 19.1 Å². The molecule has 170 valence electrons. The Kier molecular flexibility index (Phi) is 5.90. The van der Waals surface area contributed by atoms with Gasteiger partial charge in [-0.15, -0.1) is 20.4 Å². The zero-order valence-electron chi connectivity index (χ0n) is 18.6. The minimum atomic E-state index is -0.460. The molecule has 0 radical (unpaired) electrons. The minimum absolute atomic E-state index is 0.00598. The summed E-state index contributed by atoms with van der Waals surface area (Å²) >= 11 is 1.34. The highest BCUT2D eigenvalue weighted by Gasteiger charge is 2.21. The normalized spacial score (nSPS) is 12.6. The second-order valence-electron chi connectivity index (χ2n) is 8.51. The molecule has 2 heterocycles. The van der Waals surface area contributed by atoms with Crippen LogP contribution in [0.4, 0.5) is 5.69 Å². The van der Waals surface area contributed by atoms with E-state index in [1.165, 1.54) is 34.1 Å². The first kappa shape index (κ1) is 22.5. The van der Waals surface area contributed by atoms with Crippen LogP contribution in [0.3, 0.4) is 0 Å². The van der Waals surface area contributed by atoms with Gasteiger partial charge in [0.05, 0.1) is 10.2 Å². The molecule has 33 heavy (non-hydrogen) atoms. The molecule has 4 aromatic rings. The van der Waals surface area contributed by atoms with E-state index in [2.05, 4.69) is 53.3 Å². The van der Waals surface area contributed by atoms with Gasteiger partial charge in [0, 0.05) is 23.3 Å². The van der Waals surface area contributed by atoms with Crippen molar-refractivity contribution in [2.24, 2.45) is 0 Å². The molecule has 1 atom stereocenters. The molecule has 0 aliphatic rings. The second kappa shape index (κ2) is 8.66. The lowest BCUT2D eigenvalue weighted by Crippen LogP contribution is -2.13. The largest absolute Gasteiger partial charge is 0.419 e. The van der Waals surface area contributed by atoms with Gasteiger partial charge >= 0.3 is 0 Å². The fourth-order valence-electron chi connectivity index (χ4n) is 3.12. The van der Waals surface area contributed by atoms with Gasteiger partial charge in [-0.1, -0.05) is 56.8 Å². The average Bonchev–Trinajstić information content (AvgIpc) is 3.41. The first-order valence-electron chi connectivity index (χ1n) is 10.2. The Hall–Kier alpha value is -3.73. The van der Waals surface area contributed by atoms with E-state index < -0.39 is 4.92 Å². The van der Waals surface area contributed by atoms with Crippen LogP contribution in [-0.4, -0.2) is 30.0 Å². The summed E-state index contributed by atoms with van der Waals surface area (Å²) in [5.41, 5.74) is 2.74. The molecule has 1 unspecified atom stereocenters. The Morgan fingerprint density at radius 3 is 2.24 bits per heavy atom. The van der Waals surface area contributed by atoms with Crippen molar-refractivity contribution in [3.8, 4) is 22.8 Å². The topological polar surface area (TPSA) is 139 Å². The van der Waals surface area contributed by atoms with Gasteiger partial charge in [0.25, 0.3) is 5.69 Å². The molecule has 4 rings (SSSR count). The Morgan fingerprint density at radius 2 is 1.64 bits per heavy atom. The van der Waals surface area contributed by atoms with Gasteiger partial charge in [0.15, 0.2) is 5.82 Å². The van der Waals surface area contributed by atoms with Crippen LogP contribution in [0.25, 0.3) is 22.8 Å². The monoisotopic (exact) mass is 465 g/mol. The van der Waals surface area contributed by atoms with Crippen molar-refractivity contribution < 1.29 is 9.34 Å². The Bertz CT molecular complexity index is 1270. The van der Waals surface area contributed by atoms with Gasteiger partial charge in [-0.3, -0.25) is 10.1 Å². The molecule has 0 bridgehead atoms. The maximum Gasteiger partial charge on any atom is 0.269 e. The summed E-state index contributed by atoms with van der Waals surface area (Å²) in [5, 5.41) is 27.7. The predicted molar refractivity (Wildman–Crippen MR) is 125 cm³/mol. The zero-order valence-corrected chi connectivity index (χ0v) is 19.4. The summed E-state index contributed by atoms with van der Waals surface area (Å²) in [6.45, 7) is 8.38. The molecular formula is C22H23N7O3S. The molecule has 2 aromatic carbocycles. The predicted octanol–water partition coefficient (Wildman–Crippen LogP) is 4.77. The van der Waals surface area contributed by atoms with E-state index in [0.29, 0.717) is 22.4 Å². The number of nitro groups is 1. The minimum Gasteiger partial charge on any atom is -0.419 e. The highest BCUT2D eigenvalue weighted by molar-refractivity contribution is 7.99. The molecule has 10 nitrogen and oxygen atoms in total. The van der Waals surface area contributed by atoms with Crippen molar-refractivity contribution in [3.05, 3.63) is 70.1 Å². The molecule has 0 fully saturated rings. The summed E-state index contributed by atoms with van der Waals surface area (Å²) in [5.74, 6) is 7.49. The number of rotatable bonds is 6. The van der Waals surface area contributed by atoms with Crippen molar-refractivity contribution in [1.82, 2.24) is 25.1 Å². The van der Waals surface area contributed by atoms with E-state index in [4.69, 9.17) is 10.3 Å². The van der Waals surface area contributed by atoms with Crippen molar-refractivity contribution in [1.29, 1.82) is 0 Å². The maximum atomic E-state index is 10.8. The molecule has 11 heteroatoms. The molecular weight excluding hydrogens is 442 g/mol. The van der Waals surface area contributed by atoms with E-state index in [0.717, 1.165) is 5.56 Å². The molecule has 0 aliphatic heterocycles. The SMILES string of the molecule is CC(Sc1nnc(-c2ccc(C(C)(C)C)cc2)n1N)c1nnc(-c2ccc([N+](=O)[O-])cc2)o1. The van der Waals surface area contributed by atoms with Crippen LogP contribution in [-0.2, 0) is 5.41 Å². The zero-order chi connectivity index (χ0) is 23.8. The number of hydrogen-bond donors (Lipinski definition) is 1. The standard InChI is InChI=1S/C22H23N7O3S/c1-13(19-25-26-20(32-19)15-7-11-17(12-8-15)29(30)31)33-21-27-24-18(28(21)23)14-5-9-16(10-6-14)22(2,3)4/h5-13H,23H2,1-4H3. The van der Waals surface area contributed by atoms with Gasteiger partial charge < -0.3 is 10.3 Å². The fourth-order valence-corrected chi connectivity index (χ4v) is 3.92. The number of nitro benzene ring substituents is 1. The van der Waals surface area contributed by atoms with Crippen LogP contribution in [0.15, 0.2) is 58.1 Å². The molecule has 0 saturated carbocycles. The van der Waals surface area contributed by atoms with Gasteiger partial charge in [-0.25, -0.2) is 4.68 Å². The summed E-state index contributed by atoms with van der Waals surface area (Å²) in [6, 6.07) is 14.0. The number of benzene rings is 2. The number of thioether (sulfide) groups is 1. The third kappa shape index (κ3) is 4.72. The Labute approximate surface area is 194 Å². The van der Waals surface area contributed by atoms with Gasteiger partial charge in [0.1, 0.15) is 0 Å². The van der Waals surface area contributed by atoms with Crippen molar-refractivity contribution in [3.63, 3.8) is 0 Å². The van der Waals surface area contributed by atoms with E-state index >= 15 is 0 Å². The third-order valence-electron chi connectivity index (χ3n) is 5.07. The van der Waals surface area contributed by atoms with Crippen molar-refractivity contribution >= 4 is 17.4 Å². The highest BCUT2D eigenvalue weighted by Crippen LogP contribution is 2.35. The van der Waals surface area contributed by atoms with E-state index in [9.17, 15) is 10.1 Å². The van der Waals surface area contributed by atoms with Gasteiger partial charge in [-0.05, 0) is 30.0 Å². The van der Waals surface area contributed by atoms with Gasteiger partial charge in [0.2, 0.25) is 16.9 Å². The molecule has 0 amide bonds. The molecule has 0 saturated heterocycles. The summed E-state index contributed by atoms with van der Waals surface area (Å²) in [7, 11) is 0. The fraction of sp³-hybridized carbons (Fsp3) is 0.273. The van der Waals surface area contributed by atoms with Crippen LogP contribution in [0.1, 0.15) is 44.4 Å². The van der Waals surface area contributed by atoms with Crippen LogP contribution < -0.4 is 5.84 Å². The van der Waals surface area contributed by atoms with E-state index in [-0.39, 0.29) is 22.2 Å². The molecule has 2 aromatic heterocycles. The number of nitrogens with zero attached hydrogens (tertiary/aromatic N) is 6. The lowest BCUT2D eigenvalue weighted by Gasteiger charge is -2.19. The lowest BCUT2D eigenvalue weighted by molar-refractivity contribution is -0.384. The number of hydrogen-bond acceptors (Lipinski definition) is 9. The highest BCUT2D eigenvalue weighted by atomic mass is 32.2. The summed E-state index contributed by atoms with van der Waals surface area (Å²) in [6.07, 6.45) is 0. The lowest BCUT2D eigenvalue weighted by atomic mass is 9.87. The second-order valence-corrected chi connectivity index (χ2v) is 9.82. The summed E-state index contributed by atoms with van der Waals surface area (Å²) < 4.78 is 7.21. The van der Waals surface area contributed by atoms with Crippen LogP contribution in [0.5, 0.6) is 0 Å². The van der Waals surface area contributed by atoms with Crippen LogP contribution in [0, 0.1) is 10.1 Å². The number of non-ortho nitro benzene ring substituents is 1. The van der Waals surface area contributed by atoms with Crippen molar-refractivity contribution in [2.75, 3.05) is 5.84 Å². The van der Waals surface area contributed by atoms with E-state index in [1.54, 1.807) is 12.1 Å². The maximum absolute atomic E-state index is 10.8. The van der Waals surface area contributed by atoms with Gasteiger partial charge in [-0.2, -0.15) is 0 Å². The molecule has 0 aliphatic carbocycles. The third-order valence-corrected chi connectivity index (χ3v) is 6.11. The smallest absolute Gasteiger partial charge is 0.269 e. The van der Waals surface area contributed by atoms with Crippen LogP contribution in [0.2, 0.25) is 0 Å². The Balaban J connectivity index is 1.49. The molecule has 2 N–H and O–H groups in total. The number of aromatic nitrogens is 5.